The predicted octanol–water partition coefficient (Wildman–Crippen LogP) is 4.28. The number of para-hydroxylation sites is 1. The number of carbonyl (C=O) groups is 1. The Morgan fingerprint density at radius 3 is 2.71 bits per heavy atom. The third kappa shape index (κ3) is 4.87. The number of nitriles is 1. The molecule has 180 valence electrons. The van der Waals surface area contributed by atoms with E-state index in [4.69, 9.17) is 0 Å². The summed E-state index contributed by atoms with van der Waals surface area (Å²) in [7, 11) is 0. The first-order valence-corrected chi connectivity index (χ1v) is 12.4. The fraction of sp³-hybridized carbons (Fsp3) is 0.444. The maximum absolute atomic E-state index is 14.7. The Morgan fingerprint density at radius 2 is 2.00 bits per heavy atom. The largest absolute Gasteiger partial charge is 0.348 e. The minimum absolute atomic E-state index is 0.154. The van der Waals surface area contributed by atoms with E-state index in [0.29, 0.717) is 37.9 Å². The van der Waals surface area contributed by atoms with E-state index in [-0.39, 0.29) is 23.2 Å². The number of fused-ring (bicyclic) bond motifs is 1. The smallest absolute Gasteiger partial charge is 0.270 e. The van der Waals surface area contributed by atoms with Crippen molar-refractivity contribution in [3.8, 4) is 6.07 Å². The van der Waals surface area contributed by atoms with Crippen molar-refractivity contribution >= 4 is 16.8 Å². The molecule has 0 bridgehead atoms. The van der Waals surface area contributed by atoms with Crippen molar-refractivity contribution in [3.05, 3.63) is 65.6 Å². The molecule has 0 unspecified atom stereocenters. The van der Waals surface area contributed by atoms with Crippen molar-refractivity contribution < 1.29 is 9.18 Å². The highest BCUT2D eigenvalue weighted by Crippen LogP contribution is 2.34. The van der Waals surface area contributed by atoms with Gasteiger partial charge in [0.15, 0.2) is 0 Å². The van der Waals surface area contributed by atoms with Crippen LogP contribution in [-0.4, -0.2) is 44.9 Å². The molecule has 2 fully saturated rings. The molecule has 0 spiro atoms. The lowest BCUT2D eigenvalue weighted by Crippen LogP contribution is -2.42. The lowest BCUT2D eigenvalue weighted by Gasteiger charge is -2.37. The summed E-state index contributed by atoms with van der Waals surface area (Å²) in [4.78, 5) is 28.0. The van der Waals surface area contributed by atoms with Crippen LogP contribution < -0.4 is 5.32 Å². The molecule has 3 heterocycles. The molecule has 0 radical (unpaired) electrons. The Kier molecular flexibility index (Phi) is 6.69. The van der Waals surface area contributed by atoms with Gasteiger partial charge in [0.05, 0.1) is 11.8 Å². The van der Waals surface area contributed by atoms with E-state index in [1.807, 2.05) is 12.1 Å². The topological polar surface area (TPSA) is 94.8 Å². The van der Waals surface area contributed by atoms with Gasteiger partial charge in [-0.25, -0.2) is 19.3 Å². The highest BCUT2D eigenvalue weighted by Gasteiger charge is 2.38. The number of rotatable bonds is 5. The van der Waals surface area contributed by atoms with Crippen molar-refractivity contribution in [1.29, 1.82) is 5.26 Å². The number of piperidine rings is 1. The second kappa shape index (κ2) is 10.0. The van der Waals surface area contributed by atoms with Gasteiger partial charge in [-0.05, 0) is 49.4 Å². The van der Waals surface area contributed by atoms with Gasteiger partial charge in [-0.3, -0.25) is 9.69 Å². The zero-order valence-corrected chi connectivity index (χ0v) is 19.7. The number of likely N-dealkylation sites (tertiary alicyclic amines) is 1. The second-order valence-electron chi connectivity index (χ2n) is 9.68. The number of aromatic nitrogens is 3. The summed E-state index contributed by atoms with van der Waals surface area (Å²) in [6.45, 7) is 1.94. The molecular formula is C27H29FN6O. The number of hydrogen-bond acceptors (Lipinski definition) is 6. The summed E-state index contributed by atoms with van der Waals surface area (Å²) in [6, 6.07) is 11.2. The van der Waals surface area contributed by atoms with Gasteiger partial charge in [-0.1, -0.05) is 31.4 Å². The van der Waals surface area contributed by atoms with Gasteiger partial charge in [-0.2, -0.15) is 5.26 Å². The molecule has 5 rings (SSSR count). The summed E-state index contributed by atoms with van der Waals surface area (Å²) in [5, 5.41) is 13.8. The molecule has 1 N–H and O–H groups in total. The van der Waals surface area contributed by atoms with Gasteiger partial charge in [0.2, 0.25) is 0 Å². The van der Waals surface area contributed by atoms with Crippen LogP contribution in [0.15, 0.2) is 42.9 Å². The quantitative estimate of drug-likeness (QED) is 0.596. The summed E-state index contributed by atoms with van der Waals surface area (Å²) >= 11 is 0. The minimum atomic E-state index is -0.628. The Labute approximate surface area is 204 Å². The van der Waals surface area contributed by atoms with Crippen molar-refractivity contribution in [2.45, 2.75) is 62.9 Å². The van der Waals surface area contributed by atoms with E-state index < -0.39 is 11.2 Å². The number of nitrogens with one attached hydrogen (secondary N) is 1. The number of amides is 1. The first kappa shape index (κ1) is 23.3. The summed E-state index contributed by atoms with van der Waals surface area (Å²) < 4.78 is 14.7. The zero-order valence-electron chi connectivity index (χ0n) is 19.7. The number of pyridine rings is 1. The number of nitrogens with zero attached hydrogens (tertiary/aromatic N) is 5. The summed E-state index contributed by atoms with van der Waals surface area (Å²) in [6.07, 6.45) is 9.83. The van der Waals surface area contributed by atoms with Gasteiger partial charge in [0.1, 0.15) is 28.8 Å². The standard InChI is InChI=1S/C27H29FN6O/c28-22-8-4-7-21-19(15-23(33-25(21)22)26(35)32-20-5-2-1-3-6-20)16-34-13-10-27(17-29,11-14-34)24-9-12-30-18-31-24/h4,7-9,12,15,18,20H,1-3,5-6,10-11,13-14,16H2,(H,32,35). The Bertz CT molecular complexity index is 1240. The van der Waals surface area contributed by atoms with E-state index in [9.17, 15) is 14.4 Å². The molecule has 2 aromatic heterocycles. The fourth-order valence-electron chi connectivity index (χ4n) is 5.37. The van der Waals surface area contributed by atoms with E-state index >= 15 is 0 Å². The molecule has 0 atom stereocenters. The number of benzene rings is 1. The van der Waals surface area contributed by atoms with Gasteiger partial charge in [-0.15, -0.1) is 0 Å². The van der Waals surface area contributed by atoms with Crippen LogP contribution in [0.4, 0.5) is 4.39 Å². The molecule has 1 saturated carbocycles. The number of hydrogen-bond donors (Lipinski definition) is 1. The van der Waals surface area contributed by atoms with Crippen molar-refractivity contribution in [2.75, 3.05) is 13.1 Å². The molecule has 1 saturated heterocycles. The van der Waals surface area contributed by atoms with Gasteiger partial charge < -0.3 is 5.32 Å². The van der Waals surface area contributed by atoms with E-state index in [1.165, 1.54) is 18.8 Å². The van der Waals surface area contributed by atoms with Crippen LogP contribution >= 0.6 is 0 Å². The Morgan fingerprint density at radius 1 is 1.20 bits per heavy atom. The first-order valence-electron chi connectivity index (χ1n) is 12.4. The lowest BCUT2D eigenvalue weighted by molar-refractivity contribution is 0.0922. The van der Waals surface area contributed by atoms with Gasteiger partial charge in [0.25, 0.3) is 5.91 Å². The van der Waals surface area contributed by atoms with E-state index in [1.54, 1.807) is 18.3 Å². The molecule has 1 aliphatic heterocycles. The normalized spacial score (nSPS) is 18.7. The van der Waals surface area contributed by atoms with Crippen LogP contribution in [0, 0.1) is 17.1 Å². The highest BCUT2D eigenvalue weighted by atomic mass is 19.1. The van der Waals surface area contributed by atoms with Crippen molar-refractivity contribution in [1.82, 2.24) is 25.2 Å². The monoisotopic (exact) mass is 472 g/mol. The maximum atomic E-state index is 14.7. The van der Waals surface area contributed by atoms with Gasteiger partial charge in [0, 0.05) is 37.3 Å². The fourth-order valence-corrected chi connectivity index (χ4v) is 5.37. The Hall–Kier alpha value is -3.44. The van der Waals surface area contributed by atoms with Crippen LogP contribution in [0.5, 0.6) is 0 Å². The average molecular weight is 473 g/mol. The molecule has 1 aromatic carbocycles. The molecule has 2 aliphatic rings. The average Bonchev–Trinajstić information content (AvgIpc) is 2.91. The molecule has 1 aliphatic carbocycles. The number of carbonyl (C=O) groups excluding carboxylic acids is 1. The first-order chi connectivity index (χ1) is 17.1. The molecule has 35 heavy (non-hydrogen) atoms. The molecule has 7 nitrogen and oxygen atoms in total. The predicted molar refractivity (Wildman–Crippen MR) is 130 cm³/mol. The van der Waals surface area contributed by atoms with Crippen LogP contribution in [0.25, 0.3) is 10.9 Å². The SMILES string of the molecule is N#CC1(c2ccncn2)CCN(Cc2cc(C(=O)NC3CCCCC3)nc3c(F)cccc23)CC1. The van der Waals surface area contributed by atoms with Gasteiger partial charge >= 0.3 is 0 Å². The third-order valence-electron chi connectivity index (χ3n) is 7.44. The Balaban J connectivity index is 1.37. The van der Waals surface area contributed by atoms with Crippen molar-refractivity contribution in [3.63, 3.8) is 0 Å². The molecular weight excluding hydrogens is 443 g/mol. The van der Waals surface area contributed by atoms with E-state index in [2.05, 4.69) is 31.2 Å². The maximum Gasteiger partial charge on any atom is 0.270 e. The molecule has 1 amide bonds. The van der Waals surface area contributed by atoms with Crippen LogP contribution in [-0.2, 0) is 12.0 Å². The summed E-state index contributed by atoms with van der Waals surface area (Å²) in [5.41, 5.74) is 1.48. The molecule has 8 heteroatoms. The van der Waals surface area contributed by atoms with Crippen LogP contribution in [0.3, 0.4) is 0 Å². The summed E-state index contributed by atoms with van der Waals surface area (Å²) in [5.74, 6) is -0.670. The lowest BCUT2D eigenvalue weighted by atomic mass is 9.76. The third-order valence-corrected chi connectivity index (χ3v) is 7.44. The second-order valence-corrected chi connectivity index (χ2v) is 9.68. The van der Waals surface area contributed by atoms with E-state index in [0.717, 1.165) is 36.9 Å². The van der Waals surface area contributed by atoms with Crippen LogP contribution in [0.2, 0.25) is 0 Å². The van der Waals surface area contributed by atoms with Crippen molar-refractivity contribution in [2.24, 2.45) is 0 Å². The minimum Gasteiger partial charge on any atom is -0.348 e. The zero-order chi connectivity index (χ0) is 24.3. The number of halogens is 1. The highest BCUT2D eigenvalue weighted by molar-refractivity contribution is 5.96. The molecule has 3 aromatic rings. The van der Waals surface area contributed by atoms with Crippen LogP contribution in [0.1, 0.15) is 66.7 Å².